The molecule has 306 valence electrons. The number of anilines is 2. The molecule has 60 heavy (non-hydrogen) atoms. The first-order valence-corrected chi connectivity index (χ1v) is 18.9. The van der Waals surface area contributed by atoms with Crippen LogP contribution in [0.5, 0.6) is 5.75 Å². The van der Waals surface area contributed by atoms with Crippen molar-refractivity contribution in [1.29, 1.82) is 0 Å². The van der Waals surface area contributed by atoms with E-state index in [-0.39, 0.29) is 32.9 Å². The molecule has 4 aromatic carbocycles. The molecule has 0 atom stereocenters. The molecule has 8 aromatic rings. The van der Waals surface area contributed by atoms with Crippen molar-refractivity contribution in [3.63, 3.8) is 0 Å². The van der Waals surface area contributed by atoms with E-state index in [1.165, 1.54) is 12.3 Å². The standard InChI is InChI=1S/C23H20F3N3O2.C23H21N3O3/c1-22(2,3)16-9-12-7-8-27-17(12)10-18(16)29-21(31)14-11-28-19-13(20(14)30)5-4-6-15(19)23(24,25)26;1-14-8-9-15(2)26(14)20-11-10-16(12-21(20)29-3)25-23(28)18-13-24-19-7-5-4-6-17(19)22(18)27/h4-11,27H,1-3H3,(H,28,30)(H,29,31);4-13H,1-3H3,(H,24,27)(H,25,28). The summed E-state index contributed by atoms with van der Waals surface area (Å²) < 4.78 is 47.4. The lowest BCUT2D eigenvalue weighted by Crippen LogP contribution is -2.24. The number of alkyl halides is 3. The van der Waals surface area contributed by atoms with Crippen molar-refractivity contribution < 1.29 is 27.5 Å². The third-order valence-corrected chi connectivity index (χ3v) is 10.2. The summed E-state index contributed by atoms with van der Waals surface area (Å²) in [5, 5.41) is 6.82. The van der Waals surface area contributed by atoms with Crippen LogP contribution in [0.2, 0.25) is 0 Å². The lowest BCUT2D eigenvalue weighted by molar-refractivity contribution is -0.136. The third-order valence-electron chi connectivity index (χ3n) is 10.2. The minimum absolute atomic E-state index is 0.0591. The molecule has 0 unspecified atom stereocenters. The fraction of sp³-hybridized carbons (Fsp3) is 0.174. The maximum absolute atomic E-state index is 13.2. The molecule has 0 bridgehead atoms. The number of aromatic amines is 3. The maximum Gasteiger partial charge on any atom is 0.418 e. The van der Waals surface area contributed by atoms with E-state index in [2.05, 4.69) is 30.2 Å². The van der Waals surface area contributed by atoms with Gasteiger partial charge in [0.05, 0.1) is 23.9 Å². The van der Waals surface area contributed by atoms with Gasteiger partial charge in [-0.2, -0.15) is 13.2 Å². The highest BCUT2D eigenvalue weighted by Gasteiger charge is 2.33. The van der Waals surface area contributed by atoms with Gasteiger partial charge in [0.15, 0.2) is 0 Å². The molecule has 5 N–H and O–H groups in total. The normalized spacial score (nSPS) is 11.7. The van der Waals surface area contributed by atoms with Gasteiger partial charge in [0, 0.05) is 69.2 Å². The number of nitrogens with one attached hydrogen (secondary N) is 5. The van der Waals surface area contributed by atoms with E-state index in [9.17, 15) is 32.3 Å². The van der Waals surface area contributed by atoms with Gasteiger partial charge in [-0.3, -0.25) is 19.2 Å². The van der Waals surface area contributed by atoms with E-state index in [0.717, 1.165) is 51.9 Å². The summed E-state index contributed by atoms with van der Waals surface area (Å²) in [4.78, 5) is 59.7. The Kier molecular flexibility index (Phi) is 10.7. The van der Waals surface area contributed by atoms with Gasteiger partial charge in [-0.25, -0.2) is 0 Å². The van der Waals surface area contributed by atoms with Gasteiger partial charge in [0.1, 0.15) is 16.9 Å². The number of methoxy groups -OCH3 is 1. The summed E-state index contributed by atoms with van der Waals surface area (Å²) in [5.74, 6) is -0.547. The first-order chi connectivity index (χ1) is 28.5. The number of aromatic nitrogens is 4. The largest absolute Gasteiger partial charge is 0.494 e. The summed E-state index contributed by atoms with van der Waals surface area (Å²) in [7, 11) is 1.59. The van der Waals surface area contributed by atoms with Crippen LogP contribution in [-0.2, 0) is 11.6 Å². The third kappa shape index (κ3) is 7.91. The molecule has 0 radical (unpaired) electrons. The molecule has 8 rings (SSSR count). The number of para-hydroxylation sites is 2. The molecule has 0 spiro atoms. The zero-order chi connectivity index (χ0) is 43.1. The first kappa shape index (κ1) is 40.8. The fourth-order valence-corrected chi connectivity index (χ4v) is 7.19. The van der Waals surface area contributed by atoms with Crippen LogP contribution in [0.25, 0.3) is 38.4 Å². The monoisotopic (exact) mass is 814 g/mol. The minimum Gasteiger partial charge on any atom is -0.494 e. The number of ether oxygens (including phenoxy) is 1. The molecule has 4 heterocycles. The Hall–Kier alpha value is -7.35. The summed E-state index contributed by atoms with van der Waals surface area (Å²) >= 11 is 0. The number of aryl methyl sites for hydroxylation is 2. The average Bonchev–Trinajstić information content (AvgIpc) is 3.81. The average molecular weight is 815 g/mol. The van der Waals surface area contributed by atoms with E-state index in [1.54, 1.807) is 49.7 Å². The van der Waals surface area contributed by atoms with E-state index in [4.69, 9.17) is 4.74 Å². The van der Waals surface area contributed by atoms with Crippen molar-refractivity contribution >= 4 is 55.9 Å². The Labute approximate surface area is 341 Å². The second-order valence-corrected chi connectivity index (χ2v) is 15.3. The van der Waals surface area contributed by atoms with Crippen molar-refractivity contribution in [3.05, 3.63) is 164 Å². The summed E-state index contributed by atoms with van der Waals surface area (Å²) in [5.41, 5.74) is 3.60. The van der Waals surface area contributed by atoms with Crippen molar-refractivity contribution in [2.75, 3.05) is 17.7 Å². The number of carbonyl (C=O) groups is 2. The second-order valence-electron chi connectivity index (χ2n) is 15.3. The number of amides is 2. The Morgan fingerprint density at radius 3 is 2.02 bits per heavy atom. The van der Waals surface area contributed by atoms with Gasteiger partial charge in [0.25, 0.3) is 11.8 Å². The number of fused-ring (bicyclic) bond motifs is 3. The zero-order valence-corrected chi connectivity index (χ0v) is 33.5. The van der Waals surface area contributed by atoms with E-state index < -0.39 is 29.0 Å². The number of halogens is 3. The van der Waals surface area contributed by atoms with Crippen LogP contribution in [0.1, 0.15) is 64.0 Å². The van der Waals surface area contributed by atoms with Gasteiger partial charge >= 0.3 is 6.18 Å². The Bertz CT molecular complexity index is 3060. The minimum atomic E-state index is -4.63. The van der Waals surface area contributed by atoms with Crippen LogP contribution in [0.15, 0.2) is 119 Å². The van der Waals surface area contributed by atoms with Crippen molar-refractivity contribution in [1.82, 2.24) is 19.5 Å². The molecule has 0 aliphatic rings. The van der Waals surface area contributed by atoms with Gasteiger partial charge in [-0.15, -0.1) is 0 Å². The SMILES string of the molecule is CC(C)(C)c1cc2cc[nH]c2cc1NC(=O)c1c[nH]c2c(C(F)(F)F)cccc2c1=O.COc1cc(NC(=O)c2c[nH]c3ccccc3c2=O)ccc1-n1c(C)ccc1C. The Morgan fingerprint density at radius 2 is 1.33 bits per heavy atom. The summed E-state index contributed by atoms with van der Waals surface area (Å²) in [6.07, 6.45) is -0.369. The fourth-order valence-electron chi connectivity index (χ4n) is 7.19. The zero-order valence-electron chi connectivity index (χ0n) is 33.5. The van der Waals surface area contributed by atoms with E-state index >= 15 is 0 Å². The number of carbonyl (C=O) groups excluding carboxylic acids is 2. The quantitative estimate of drug-likeness (QED) is 0.113. The van der Waals surface area contributed by atoms with Gasteiger partial charge in [0.2, 0.25) is 10.9 Å². The molecular formula is C46H41F3N6O5. The molecule has 0 aliphatic carbocycles. The number of hydrogen-bond acceptors (Lipinski definition) is 5. The van der Waals surface area contributed by atoms with Gasteiger partial charge in [-0.05, 0) is 96.9 Å². The topological polar surface area (TPSA) is 154 Å². The van der Waals surface area contributed by atoms with Crippen molar-refractivity contribution in [2.45, 2.75) is 46.2 Å². The van der Waals surface area contributed by atoms with Crippen LogP contribution in [-0.4, -0.2) is 38.4 Å². The summed E-state index contributed by atoms with van der Waals surface area (Å²) in [6, 6.07) is 25.6. The molecule has 2 amide bonds. The van der Waals surface area contributed by atoms with Gasteiger partial charge < -0.3 is 34.9 Å². The van der Waals surface area contributed by atoms with Crippen molar-refractivity contribution in [3.8, 4) is 11.4 Å². The molecule has 14 heteroatoms. The van der Waals surface area contributed by atoms with Crippen LogP contribution in [0.3, 0.4) is 0 Å². The van der Waals surface area contributed by atoms with E-state index in [0.29, 0.717) is 28.0 Å². The highest BCUT2D eigenvalue weighted by molar-refractivity contribution is 6.07. The molecule has 0 fully saturated rings. The molecule has 0 aliphatic heterocycles. The van der Waals surface area contributed by atoms with Crippen molar-refractivity contribution in [2.24, 2.45) is 0 Å². The molecule has 0 saturated carbocycles. The smallest absolute Gasteiger partial charge is 0.418 e. The number of nitrogens with zero attached hydrogens (tertiary/aromatic N) is 1. The second kappa shape index (κ2) is 15.8. The highest BCUT2D eigenvalue weighted by Crippen LogP contribution is 2.35. The first-order valence-electron chi connectivity index (χ1n) is 18.9. The Morgan fingerprint density at radius 1 is 0.683 bits per heavy atom. The number of benzene rings is 4. The van der Waals surface area contributed by atoms with E-state index in [1.807, 2.05) is 71.0 Å². The lowest BCUT2D eigenvalue weighted by Gasteiger charge is -2.23. The lowest BCUT2D eigenvalue weighted by atomic mass is 9.85. The highest BCUT2D eigenvalue weighted by atomic mass is 19.4. The Balaban J connectivity index is 0.000000182. The maximum atomic E-state index is 13.2. The molecule has 4 aromatic heterocycles. The number of pyridine rings is 2. The predicted octanol–water partition coefficient (Wildman–Crippen LogP) is 9.77. The van der Waals surface area contributed by atoms with Crippen LogP contribution < -0.4 is 26.2 Å². The van der Waals surface area contributed by atoms with Crippen LogP contribution >= 0.6 is 0 Å². The van der Waals surface area contributed by atoms with Crippen LogP contribution in [0.4, 0.5) is 24.5 Å². The molecule has 0 saturated heterocycles. The predicted molar refractivity (Wildman–Crippen MR) is 229 cm³/mol. The summed E-state index contributed by atoms with van der Waals surface area (Å²) in [6.45, 7) is 10.0. The molecular weight excluding hydrogens is 774 g/mol. The number of rotatable bonds is 6. The number of hydrogen-bond donors (Lipinski definition) is 5. The number of H-pyrrole nitrogens is 3. The van der Waals surface area contributed by atoms with Gasteiger partial charge in [-0.1, -0.05) is 39.0 Å². The van der Waals surface area contributed by atoms with Crippen LogP contribution in [0, 0.1) is 13.8 Å². The molecule has 11 nitrogen and oxygen atoms in total.